The number of aliphatic carboxylic acids is 1. The second-order valence-electron chi connectivity index (χ2n) is 3.78. The fraction of sp³-hybridized carbons (Fsp3) is 0. The molecule has 0 unspecified atom stereocenters. The quantitative estimate of drug-likeness (QED) is 0.856. The van der Waals surface area contributed by atoms with E-state index >= 15 is 0 Å². The van der Waals surface area contributed by atoms with Crippen LogP contribution in [0.4, 0.5) is 0 Å². The van der Waals surface area contributed by atoms with E-state index in [1.54, 1.807) is 36.5 Å². The van der Waals surface area contributed by atoms with Crippen LogP contribution in [-0.2, 0) is 4.79 Å². The van der Waals surface area contributed by atoms with Crippen LogP contribution in [0.25, 0.3) is 6.08 Å². The van der Waals surface area contributed by atoms with Crippen LogP contribution in [0.2, 0.25) is 10.0 Å². The minimum absolute atomic E-state index is 0.267. The predicted octanol–water partition coefficient (Wildman–Crippen LogP) is 4.28. The molecule has 0 atom stereocenters. The third kappa shape index (κ3) is 3.98. The molecule has 6 heteroatoms. The summed E-state index contributed by atoms with van der Waals surface area (Å²) in [6.07, 6.45) is 3.95. The van der Waals surface area contributed by atoms with E-state index in [1.807, 2.05) is 0 Å². The summed E-state index contributed by atoms with van der Waals surface area (Å²) >= 11 is 11.8. The maximum Gasteiger partial charge on any atom is 0.328 e. The van der Waals surface area contributed by atoms with Crippen molar-refractivity contribution in [2.75, 3.05) is 0 Å². The van der Waals surface area contributed by atoms with Crippen molar-refractivity contribution in [3.63, 3.8) is 0 Å². The second-order valence-corrected chi connectivity index (χ2v) is 4.65. The SMILES string of the molecule is O=C(O)/C=C/c1cccnc1Oc1cc(Cl)cc(Cl)c1. The van der Waals surface area contributed by atoms with E-state index < -0.39 is 5.97 Å². The zero-order valence-corrected chi connectivity index (χ0v) is 11.6. The van der Waals surface area contributed by atoms with Gasteiger partial charge in [-0.05, 0) is 36.4 Å². The number of carbonyl (C=O) groups is 1. The molecule has 2 aromatic rings. The Labute approximate surface area is 125 Å². The summed E-state index contributed by atoms with van der Waals surface area (Å²) in [5.41, 5.74) is 0.533. The maximum atomic E-state index is 10.5. The highest BCUT2D eigenvalue weighted by atomic mass is 35.5. The molecule has 0 spiro atoms. The normalized spacial score (nSPS) is 10.7. The van der Waals surface area contributed by atoms with Gasteiger partial charge in [-0.25, -0.2) is 9.78 Å². The third-order valence-corrected chi connectivity index (χ3v) is 2.69. The largest absolute Gasteiger partial charge is 0.478 e. The first-order chi connectivity index (χ1) is 9.54. The van der Waals surface area contributed by atoms with Crippen molar-refractivity contribution in [2.45, 2.75) is 0 Å². The van der Waals surface area contributed by atoms with Gasteiger partial charge in [0.05, 0.1) is 0 Å². The fourth-order valence-electron chi connectivity index (χ4n) is 1.48. The molecular formula is C14H9Cl2NO3. The van der Waals surface area contributed by atoms with Crippen LogP contribution in [0.3, 0.4) is 0 Å². The zero-order chi connectivity index (χ0) is 14.5. The Morgan fingerprint density at radius 3 is 2.60 bits per heavy atom. The smallest absolute Gasteiger partial charge is 0.328 e. The van der Waals surface area contributed by atoms with Gasteiger partial charge in [0.1, 0.15) is 5.75 Å². The highest BCUT2D eigenvalue weighted by Crippen LogP contribution is 2.29. The van der Waals surface area contributed by atoms with Gasteiger partial charge in [0.2, 0.25) is 5.88 Å². The van der Waals surface area contributed by atoms with Gasteiger partial charge in [0, 0.05) is 27.9 Å². The first-order valence-corrected chi connectivity index (χ1v) is 6.30. The lowest BCUT2D eigenvalue weighted by Crippen LogP contribution is -1.92. The van der Waals surface area contributed by atoms with Crippen LogP contribution in [-0.4, -0.2) is 16.1 Å². The van der Waals surface area contributed by atoms with Crippen molar-refractivity contribution in [3.8, 4) is 11.6 Å². The Hall–Kier alpha value is -2.04. The number of carboxylic acid groups (broad SMARTS) is 1. The predicted molar refractivity (Wildman–Crippen MR) is 77.4 cm³/mol. The number of hydrogen-bond acceptors (Lipinski definition) is 3. The number of benzene rings is 1. The van der Waals surface area contributed by atoms with Crippen molar-refractivity contribution >= 4 is 35.2 Å². The summed E-state index contributed by atoms with van der Waals surface area (Å²) in [6.45, 7) is 0. The summed E-state index contributed by atoms with van der Waals surface area (Å²) in [4.78, 5) is 14.6. The Morgan fingerprint density at radius 2 is 1.95 bits per heavy atom. The molecule has 0 fully saturated rings. The summed E-state index contributed by atoms with van der Waals surface area (Å²) < 4.78 is 5.58. The molecule has 0 aliphatic carbocycles. The Kier molecular flexibility index (Phi) is 4.61. The van der Waals surface area contributed by atoms with Gasteiger partial charge < -0.3 is 9.84 Å². The van der Waals surface area contributed by atoms with Crippen LogP contribution in [0.5, 0.6) is 11.6 Å². The average Bonchev–Trinajstić information content (AvgIpc) is 2.36. The molecule has 1 aromatic carbocycles. The van der Waals surface area contributed by atoms with Crippen LogP contribution in [0.1, 0.15) is 5.56 Å². The van der Waals surface area contributed by atoms with Crippen LogP contribution >= 0.6 is 23.2 Å². The molecule has 0 radical (unpaired) electrons. The number of halogens is 2. The highest BCUT2D eigenvalue weighted by molar-refractivity contribution is 6.34. The van der Waals surface area contributed by atoms with Crippen LogP contribution in [0, 0.1) is 0 Å². The van der Waals surface area contributed by atoms with E-state index in [2.05, 4.69) is 4.98 Å². The van der Waals surface area contributed by atoms with E-state index in [1.165, 1.54) is 6.08 Å². The fourth-order valence-corrected chi connectivity index (χ4v) is 1.98. The van der Waals surface area contributed by atoms with E-state index in [-0.39, 0.29) is 5.88 Å². The summed E-state index contributed by atoms with van der Waals surface area (Å²) in [6, 6.07) is 8.13. The average molecular weight is 310 g/mol. The van der Waals surface area contributed by atoms with Gasteiger partial charge >= 0.3 is 5.97 Å². The first-order valence-electron chi connectivity index (χ1n) is 5.54. The Bertz CT molecular complexity index is 651. The van der Waals surface area contributed by atoms with Gasteiger partial charge in [-0.15, -0.1) is 0 Å². The summed E-state index contributed by atoms with van der Waals surface area (Å²) in [7, 11) is 0. The Balaban J connectivity index is 2.31. The molecule has 102 valence electrons. The molecule has 4 nitrogen and oxygen atoms in total. The van der Waals surface area contributed by atoms with Gasteiger partial charge in [-0.3, -0.25) is 0 Å². The third-order valence-electron chi connectivity index (χ3n) is 2.26. The van der Waals surface area contributed by atoms with Crippen molar-refractivity contribution in [3.05, 3.63) is 58.2 Å². The molecule has 0 amide bonds. The number of pyridine rings is 1. The van der Waals surface area contributed by atoms with E-state index in [0.717, 1.165) is 6.08 Å². The maximum absolute atomic E-state index is 10.5. The molecule has 1 aromatic heterocycles. The van der Waals surface area contributed by atoms with Gasteiger partial charge in [-0.2, -0.15) is 0 Å². The monoisotopic (exact) mass is 309 g/mol. The van der Waals surface area contributed by atoms with E-state index in [4.69, 9.17) is 33.0 Å². The molecule has 2 rings (SSSR count). The molecule has 0 aliphatic heterocycles. The molecule has 0 saturated heterocycles. The lowest BCUT2D eigenvalue weighted by molar-refractivity contribution is -0.131. The zero-order valence-electron chi connectivity index (χ0n) is 10.1. The van der Waals surface area contributed by atoms with E-state index in [9.17, 15) is 4.79 Å². The van der Waals surface area contributed by atoms with Crippen LogP contribution in [0.15, 0.2) is 42.6 Å². The van der Waals surface area contributed by atoms with Gasteiger partial charge in [0.25, 0.3) is 0 Å². The molecule has 0 bridgehead atoms. The second kappa shape index (κ2) is 6.41. The molecule has 1 N–H and O–H groups in total. The molecule has 0 aliphatic rings. The number of ether oxygens (including phenoxy) is 1. The Morgan fingerprint density at radius 1 is 1.25 bits per heavy atom. The molecule has 1 heterocycles. The lowest BCUT2D eigenvalue weighted by atomic mass is 10.2. The first kappa shape index (κ1) is 14.4. The van der Waals surface area contributed by atoms with Crippen molar-refractivity contribution in [1.29, 1.82) is 0 Å². The van der Waals surface area contributed by atoms with Gasteiger partial charge in [0.15, 0.2) is 0 Å². The number of rotatable bonds is 4. The molecular weight excluding hydrogens is 301 g/mol. The van der Waals surface area contributed by atoms with Crippen molar-refractivity contribution < 1.29 is 14.6 Å². The topological polar surface area (TPSA) is 59.4 Å². The van der Waals surface area contributed by atoms with Crippen LogP contribution < -0.4 is 4.74 Å². The number of aromatic nitrogens is 1. The minimum Gasteiger partial charge on any atom is -0.478 e. The van der Waals surface area contributed by atoms with Gasteiger partial charge in [-0.1, -0.05) is 23.2 Å². The number of hydrogen-bond donors (Lipinski definition) is 1. The number of carboxylic acids is 1. The minimum atomic E-state index is -1.05. The number of nitrogens with zero attached hydrogens (tertiary/aromatic N) is 1. The summed E-state index contributed by atoms with van der Waals surface area (Å²) in [5.74, 6) is -0.361. The lowest BCUT2D eigenvalue weighted by Gasteiger charge is -2.08. The van der Waals surface area contributed by atoms with Crippen molar-refractivity contribution in [2.24, 2.45) is 0 Å². The van der Waals surface area contributed by atoms with Crippen molar-refractivity contribution in [1.82, 2.24) is 4.98 Å². The standard InChI is InChI=1S/C14H9Cl2NO3/c15-10-6-11(16)8-12(7-10)20-14-9(2-1-5-17-14)3-4-13(18)19/h1-8H,(H,18,19)/b4-3+. The summed E-state index contributed by atoms with van der Waals surface area (Å²) in [5, 5.41) is 9.52. The molecule has 20 heavy (non-hydrogen) atoms. The molecule has 0 saturated carbocycles. The van der Waals surface area contributed by atoms with E-state index in [0.29, 0.717) is 21.4 Å². The highest BCUT2D eigenvalue weighted by Gasteiger charge is 2.06.